The Morgan fingerprint density at radius 1 is 1.47 bits per heavy atom. The second-order valence-electron chi connectivity index (χ2n) is 3.95. The fourth-order valence-electron chi connectivity index (χ4n) is 0.918. The number of likely N-dealkylation sites (N-methyl/N-ethyl adjacent to an activating group) is 1. The van der Waals surface area contributed by atoms with Gasteiger partial charge in [0.25, 0.3) is 0 Å². The van der Waals surface area contributed by atoms with Crippen molar-refractivity contribution in [1.29, 1.82) is 0 Å². The first kappa shape index (κ1) is 13.9. The lowest BCUT2D eigenvalue weighted by Crippen LogP contribution is -2.46. The lowest BCUT2D eigenvalue weighted by molar-refractivity contribution is -0.148. The molecular weight excluding hydrogens is 196 g/mol. The molecule has 0 aromatic heterocycles. The van der Waals surface area contributed by atoms with Crippen LogP contribution in [0.2, 0.25) is 0 Å². The molecule has 0 fully saturated rings. The van der Waals surface area contributed by atoms with Crippen molar-refractivity contribution >= 4 is 11.9 Å². The zero-order valence-electron chi connectivity index (χ0n) is 9.76. The Labute approximate surface area is 90.2 Å². The van der Waals surface area contributed by atoms with Gasteiger partial charge in [-0.1, -0.05) is 6.92 Å². The van der Waals surface area contributed by atoms with E-state index in [1.54, 1.807) is 27.8 Å². The normalized spacial score (nSPS) is 16.5. The van der Waals surface area contributed by atoms with E-state index in [0.29, 0.717) is 6.42 Å². The summed E-state index contributed by atoms with van der Waals surface area (Å²) in [6.45, 7) is 5.30. The standard InChI is InChI=1S/C10H20N2O3/c1-5-10(3,9(14)15)6-12-8(13)7(2)11-4/h7,11H,5-6H2,1-4H3,(H,12,13)(H,14,15). The van der Waals surface area contributed by atoms with Crippen LogP contribution in [-0.2, 0) is 9.59 Å². The molecule has 0 saturated carbocycles. The number of hydrogen-bond acceptors (Lipinski definition) is 3. The van der Waals surface area contributed by atoms with Crippen molar-refractivity contribution in [2.75, 3.05) is 13.6 Å². The third kappa shape index (κ3) is 3.87. The third-order valence-corrected chi connectivity index (χ3v) is 2.78. The smallest absolute Gasteiger partial charge is 0.311 e. The fraction of sp³-hybridized carbons (Fsp3) is 0.800. The Hall–Kier alpha value is -1.10. The van der Waals surface area contributed by atoms with Gasteiger partial charge in [0.2, 0.25) is 5.91 Å². The summed E-state index contributed by atoms with van der Waals surface area (Å²) in [6.07, 6.45) is 0.483. The average Bonchev–Trinajstić information content (AvgIpc) is 2.23. The van der Waals surface area contributed by atoms with Gasteiger partial charge in [0.15, 0.2) is 0 Å². The van der Waals surface area contributed by atoms with Crippen LogP contribution in [0.3, 0.4) is 0 Å². The van der Waals surface area contributed by atoms with E-state index in [1.807, 2.05) is 0 Å². The van der Waals surface area contributed by atoms with Gasteiger partial charge in [-0.2, -0.15) is 0 Å². The fourth-order valence-corrected chi connectivity index (χ4v) is 0.918. The summed E-state index contributed by atoms with van der Waals surface area (Å²) in [6, 6.07) is -0.306. The highest BCUT2D eigenvalue weighted by molar-refractivity contribution is 5.82. The number of hydrogen-bond donors (Lipinski definition) is 3. The molecule has 0 aromatic carbocycles. The van der Waals surface area contributed by atoms with Crippen LogP contribution in [0.1, 0.15) is 27.2 Å². The monoisotopic (exact) mass is 216 g/mol. The topological polar surface area (TPSA) is 78.4 Å². The Morgan fingerprint density at radius 2 is 2.00 bits per heavy atom. The van der Waals surface area contributed by atoms with E-state index >= 15 is 0 Å². The molecule has 0 aliphatic heterocycles. The summed E-state index contributed by atoms with van der Waals surface area (Å²) in [7, 11) is 1.68. The van der Waals surface area contributed by atoms with Crippen molar-refractivity contribution in [2.24, 2.45) is 5.41 Å². The number of amides is 1. The van der Waals surface area contributed by atoms with Crippen LogP contribution in [0.25, 0.3) is 0 Å². The van der Waals surface area contributed by atoms with Crippen LogP contribution < -0.4 is 10.6 Å². The van der Waals surface area contributed by atoms with Crippen molar-refractivity contribution in [2.45, 2.75) is 33.2 Å². The molecular formula is C10H20N2O3. The van der Waals surface area contributed by atoms with Crippen molar-refractivity contribution in [3.63, 3.8) is 0 Å². The molecule has 0 radical (unpaired) electrons. The molecule has 5 heteroatoms. The summed E-state index contributed by atoms with van der Waals surface area (Å²) >= 11 is 0. The predicted molar refractivity (Wildman–Crippen MR) is 57.6 cm³/mol. The van der Waals surface area contributed by atoms with Gasteiger partial charge in [-0.3, -0.25) is 9.59 Å². The summed E-state index contributed by atoms with van der Waals surface area (Å²) in [5, 5.41) is 14.4. The van der Waals surface area contributed by atoms with Crippen molar-refractivity contribution < 1.29 is 14.7 Å². The molecule has 88 valence electrons. The second-order valence-corrected chi connectivity index (χ2v) is 3.95. The highest BCUT2D eigenvalue weighted by Gasteiger charge is 2.31. The van der Waals surface area contributed by atoms with Gasteiger partial charge >= 0.3 is 5.97 Å². The van der Waals surface area contributed by atoms with E-state index in [9.17, 15) is 9.59 Å². The first-order valence-corrected chi connectivity index (χ1v) is 5.05. The summed E-state index contributed by atoms with van der Waals surface area (Å²) < 4.78 is 0. The quantitative estimate of drug-likeness (QED) is 0.593. The van der Waals surface area contributed by atoms with Crippen LogP contribution in [0.5, 0.6) is 0 Å². The molecule has 0 aliphatic rings. The highest BCUT2D eigenvalue weighted by atomic mass is 16.4. The number of aliphatic carboxylic acids is 1. The third-order valence-electron chi connectivity index (χ3n) is 2.78. The number of carbonyl (C=O) groups is 2. The Balaban J connectivity index is 4.24. The maximum absolute atomic E-state index is 11.4. The first-order chi connectivity index (χ1) is 6.87. The predicted octanol–water partition coefficient (Wildman–Crippen LogP) is 0.211. The van der Waals surface area contributed by atoms with Crippen LogP contribution in [-0.4, -0.2) is 36.6 Å². The Bertz CT molecular complexity index is 243. The van der Waals surface area contributed by atoms with Gasteiger partial charge in [0.1, 0.15) is 0 Å². The summed E-state index contributed by atoms with van der Waals surface area (Å²) in [4.78, 5) is 22.3. The minimum Gasteiger partial charge on any atom is -0.481 e. The molecule has 0 saturated heterocycles. The Morgan fingerprint density at radius 3 is 2.33 bits per heavy atom. The molecule has 0 bridgehead atoms. The maximum Gasteiger partial charge on any atom is 0.311 e. The minimum absolute atomic E-state index is 0.156. The van der Waals surface area contributed by atoms with E-state index in [1.165, 1.54) is 0 Å². The number of carboxylic acid groups (broad SMARTS) is 1. The molecule has 0 rings (SSSR count). The van der Waals surface area contributed by atoms with Gasteiger partial charge in [-0.05, 0) is 27.3 Å². The largest absolute Gasteiger partial charge is 0.481 e. The van der Waals surface area contributed by atoms with Gasteiger partial charge in [0, 0.05) is 6.54 Å². The van der Waals surface area contributed by atoms with E-state index in [4.69, 9.17) is 5.11 Å². The van der Waals surface area contributed by atoms with E-state index in [0.717, 1.165) is 0 Å². The lowest BCUT2D eigenvalue weighted by atomic mass is 9.87. The number of rotatable bonds is 6. The van der Waals surface area contributed by atoms with Crippen LogP contribution in [0.15, 0.2) is 0 Å². The van der Waals surface area contributed by atoms with Gasteiger partial charge in [0.05, 0.1) is 11.5 Å². The van der Waals surface area contributed by atoms with Gasteiger partial charge in [-0.15, -0.1) is 0 Å². The number of carboxylic acids is 1. The van der Waals surface area contributed by atoms with Crippen LogP contribution >= 0.6 is 0 Å². The minimum atomic E-state index is -0.887. The average molecular weight is 216 g/mol. The van der Waals surface area contributed by atoms with Gasteiger partial charge in [-0.25, -0.2) is 0 Å². The highest BCUT2D eigenvalue weighted by Crippen LogP contribution is 2.19. The van der Waals surface area contributed by atoms with Crippen LogP contribution in [0, 0.1) is 5.41 Å². The molecule has 0 aromatic rings. The van der Waals surface area contributed by atoms with Crippen molar-refractivity contribution in [3.8, 4) is 0 Å². The van der Waals surface area contributed by atoms with Crippen molar-refractivity contribution in [1.82, 2.24) is 10.6 Å². The molecule has 1 amide bonds. The zero-order valence-corrected chi connectivity index (χ0v) is 9.76. The van der Waals surface area contributed by atoms with E-state index in [-0.39, 0.29) is 18.5 Å². The Kier molecular flexibility index (Phi) is 5.28. The van der Waals surface area contributed by atoms with E-state index in [2.05, 4.69) is 10.6 Å². The lowest BCUT2D eigenvalue weighted by Gasteiger charge is -2.24. The molecule has 2 unspecified atom stereocenters. The number of nitrogens with one attached hydrogen (secondary N) is 2. The van der Waals surface area contributed by atoms with E-state index < -0.39 is 11.4 Å². The molecule has 3 N–H and O–H groups in total. The first-order valence-electron chi connectivity index (χ1n) is 5.05. The van der Waals surface area contributed by atoms with Gasteiger partial charge < -0.3 is 15.7 Å². The maximum atomic E-state index is 11.4. The molecule has 0 spiro atoms. The SMILES string of the molecule is CCC(C)(CNC(=O)C(C)NC)C(=O)O. The molecule has 2 atom stereocenters. The zero-order chi connectivity index (χ0) is 12.1. The number of carbonyl (C=O) groups excluding carboxylic acids is 1. The molecule has 0 aliphatic carbocycles. The molecule has 0 heterocycles. The molecule has 15 heavy (non-hydrogen) atoms. The second kappa shape index (κ2) is 5.70. The van der Waals surface area contributed by atoms with Crippen molar-refractivity contribution in [3.05, 3.63) is 0 Å². The summed E-state index contributed by atoms with van der Waals surface area (Å²) in [5.74, 6) is -1.07. The molecule has 5 nitrogen and oxygen atoms in total. The van der Waals surface area contributed by atoms with Crippen LogP contribution in [0.4, 0.5) is 0 Å². The summed E-state index contributed by atoms with van der Waals surface area (Å²) in [5.41, 5.74) is -0.886.